The largest absolute Gasteiger partial charge is 0.326 e. The molecule has 0 saturated heterocycles. The first kappa shape index (κ1) is 26.9. The molecule has 0 bridgehead atoms. The number of thioether (sulfide) groups is 1. The summed E-state index contributed by atoms with van der Waals surface area (Å²) in [4.78, 5) is 31.4. The number of anilines is 2. The second-order valence-corrected chi connectivity index (χ2v) is 12.2. The van der Waals surface area contributed by atoms with Gasteiger partial charge in [-0.3, -0.25) is 9.59 Å². The van der Waals surface area contributed by atoms with Gasteiger partial charge in [0.05, 0.1) is 5.69 Å². The highest BCUT2D eigenvalue weighted by atomic mass is 35.5. The molecule has 0 fully saturated rings. The van der Waals surface area contributed by atoms with E-state index in [2.05, 4.69) is 15.6 Å². The Morgan fingerprint density at radius 2 is 1.70 bits per heavy atom. The molecule has 1 atom stereocenters. The maximum absolute atomic E-state index is 13.5. The van der Waals surface area contributed by atoms with Crippen molar-refractivity contribution in [1.29, 1.82) is 0 Å². The predicted octanol–water partition coefficient (Wildman–Crippen LogP) is 8.31. The van der Waals surface area contributed by atoms with Gasteiger partial charge in [0.25, 0.3) is 0 Å². The molecule has 8 heteroatoms. The number of benzene rings is 3. The van der Waals surface area contributed by atoms with E-state index in [-0.39, 0.29) is 17.2 Å². The molecule has 5 nitrogen and oxygen atoms in total. The minimum Gasteiger partial charge on any atom is -0.326 e. The van der Waals surface area contributed by atoms with Crippen LogP contribution in [0.1, 0.15) is 38.0 Å². The fourth-order valence-corrected chi connectivity index (χ4v) is 5.70. The Hall–Kier alpha value is -3.13. The molecule has 0 spiro atoms. The Kier molecular flexibility index (Phi) is 8.69. The number of hydrogen-bond acceptors (Lipinski definition) is 5. The van der Waals surface area contributed by atoms with E-state index < -0.39 is 5.25 Å². The van der Waals surface area contributed by atoms with Gasteiger partial charge in [0.2, 0.25) is 11.8 Å². The van der Waals surface area contributed by atoms with Crippen LogP contribution in [0, 0.1) is 5.41 Å². The summed E-state index contributed by atoms with van der Waals surface area (Å²) in [7, 11) is 0. The van der Waals surface area contributed by atoms with Gasteiger partial charge in [-0.05, 0) is 35.2 Å². The highest BCUT2D eigenvalue weighted by Crippen LogP contribution is 2.38. The summed E-state index contributed by atoms with van der Waals surface area (Å²) < 4.78 is 0. The summed E-state index contributed by atoms with van der Waals surface area (Å²) in [5.41, 5.74) is 3.01. The number of carbonyl (C=O) groups is 2. The summed E-state index contributed by atoms with van der Waals surface area (Å²) in [6.07, 6.45) is 0.420. The minimum absolute atomic E-state index is 0.0369. The van der Waals surface area contributed by atoms with Crippen LogP contribution in [0.3, 0.4) is 0 Å². The van der Waals surface area contributed by atoms with Crippen molar-refractivity contribution in [1.82, 2.24) is 4.98 Å². The van der Waals surface area contributed by atoms with E-state index in [0.29, 0.717) is 28.0 Å². The van der Waals surface area contributed by atoms with Crippen LogP contribution < -0.4 is 10.6 Å². The Morgan fingerprint density at radius 1 is 0.973 bits per heavy atom. The SMILES string of the molecule is CC(C)(C)CC(=O)Nc1cccc(SC(C(=O)Nc2nc(-c3ccccc3Cl)cs2)c2ccccc2)c1. The predicted molar refractivity (Wildman–Crippen MR) is 155 cm³/mol. The molecule has 2 N–H and O–H groups in total. The van der Waals surface area contributed by atoms with E-state index in [1.165, 1.54) is 23.1 Å². The lowest BCUT2D eigenvalue weighted by molar-refractivity contribution is -0.118. The van der Waals surface area contributed by atoms with Crippen LogP contribution >= 0.6 is 34.7 Å². The Bertz CT molecular complexity index is 1380. The molecule has 3 aromatic carbocycles. The molecule has 1 aromatic heterocycles. The van der Waals surface area contributed by atoms with Gasteiger partial charge >= 0.3 is 0 Å². The fourth-order valence-electron chi connectivity index (χ4n) is 3.67. The van der Waals surface area contributed by atoms with Crippen molar-refractivity contribution in [2.45, 2.75) is 37.3 Å². The lowest BCUT2D eigenvalue weighted by atomic mass is 9.92. The first-order valence-electron chi connectivity index (χ1n) is 11.8. The first-order valence-corrected chi connectivity index (χ1v) is 13.9. The lowest BCUT2D eigenvalue weighted by Gasteiger charge is -2.18. The normalized spacial score (nSPS) is 12.1. The van der Waals surface area contributed by atoms with Crippen LogP contribution in [-0.2, 0) is 9.59 Å². The number of aromatic nitrogens is 1. The third kappa shape index (κ3) is 7.68. The second-order valence-electron chi connectivity index (χ2n) is 9.73. The average molecular weight is 550 g/mol. The zero-order valence-corrected chi connectivity index (χ0v) is 23.2. The maximum Gasteiger partial charge on any atom is 0.244 e. The third-order valence-corrected chi connectivity index (χ3v) is 7.62. The number of halogens is 1. The molecular weight excluding hydrogens is 522 g/mol. The molecule has 0 aliphatic rings. The van der Waals surface area contributed by atoms with Crippen LogP contribution in [0.5, 0.6) is 0 Å². The standard InChI is InChI=1S/C29H28ClN3O2S2/c1-29(2,3)17-25(34)31-20-12-9-13-21(16-20)37-26(19-10-5-4-6-11-19)27(35)33-28-32-24(18-36-28)22-14-7-8-15-23(22)30/h4-16,18,26H,17H2,1-3H3,(H,31,34)(H,32,33,35). The molecule has 190 valence electrons. The van der Waals surface area contributed by atoms with Crippen molar-refractivity contribution in [3.63, 3.8) is 0 Å². The van der Waals surface area contributed by atoms with Gasteiger partial charge in [-0.2, -0.15) is 0 Å². The van der Waals surface area contributed by atoms with Crippen molar-refractivity contribution in [2.75, 3.05) is 10.6 Å². The fraction of sp³-hybridized carbons (Fsp3) is 0.207. The van der Waals surface area contributed by atoms with Gasteiger partial charge < -0.3 is 10.6 Å². The van der Waals surface area contributed by atoms with Gasteiger partial charge in [-0.15, -0.1) is 23.1 Å². The number of thiazole rings is 1. The van der Waals surface area contributed by atoms with E-state index in [1.54, 1.807) is 0 Å². The van der Waals surface area contributed by atoms with Crippen molar-refractivity contribution in [2.24, 2.45) is 5.41 Å². The molecule has 4 aromatic rings. The Balaban J connectivity index is 1.52. The van der Waals surface area contributed by atoms with E-state index in [9.17, 15) is 9.59 Å². The maximum atomic E-state index is 13.5. The van der Waals surface area contributed by atoms with Crippen molar-refractivity contribution in [3.8, 4) is 11.3 Å². The van der Waals surface area contributed by atoms with Crippen molar-refractivity contribution < 1.29 is 9.59 Å². The molecule has 1 heterocycles. The van der Waals surface area contributed by atoms with Gasteiger partial charge in [0.15, 0.2) is 5.13 Å². The van der Waals surface area contributed by atoms with Crippen LogP contribution in [-0.4, -0.2) is 16.8 Å². The Morgan fingerprint density at radius 3 is 2.43 bits per heavy atom. The first-order chi connectivity index (χ1) is 17.7. The van der Waals surface area contributed by atoms with Gasteiger partial charge in [-0.1, -0.05) is 87.0 Å². The zero-order valence-electron chi connectivity index (χ0n) is 20.8. The van der Waals surface area contributed by atoms with E-state index in [4.69, 9.17) is 11.6 Å². The molecule has 2 amide bonds. The quantitative estimate of drug-likeness (QED) is 0.217. The smallest absolute Gasteiger partial charge is 0.244 e. The summed E-state index contributed by atoms with van der Waals surface area (Å²) in [5, 5.41) is 8.42. The van der Waals surface area contributed by atoms with Crippen LogP contribution in [0.4, 0.5) is 10.8 Å². The van der Waals surface area contributed by atoms with Crippen molar-refractivity contribution in [3.05, 3.63) is 94.8 Å². The summed E-state index contributed by atoms with van der Waals surface area (Å²) in [6.45, 7) is 6.09. The average Bonchev–Trinajstić information content (AvgIpc) is 3.30. The highest BCUT2D eigenvalue weighted by molar-refractivity contribution is 8.00. The number of carbonyl (C=O) groups excluding carboxylic acids is 2. The minimum atomic E-state index is -0.519. The molecule has 1 unspecified atom stereocenters. The molecule has 0 aliphatic carbocycles. The zero-order chi connectivity index (χ0) is 26.4. The van der Waals surface area contributed by atoms with Crippen LogP contribution in [0.15, 0.2) is 89.1 Å². The van der Waals surface area contributed by atoms with Crippen LogP contribution in [0.25, 0.3) is 11.3 Å². The van der Waals surface area contributed by atoms with E-state index >= 15 is 0 Å². The Labute approximate surface area is 230 Å². The number of rotatable bonds is 8. The molecule has 4 rings (SSSR count). The van der Waals surface area contributed by atoms with Crippen molar-refractivity contribution >= 4 is 57.3 Å². The number of nitrogens with one attached hydrogen (secondary N) is 2. The summed E-state index contributed by atoms with van der Waals surface area (Å²) in [6, 6.07) is 24.7. The summed E-state index contributed by atoms with van der Waals surface area (Å²) in [5.74, 6) is -0.219. The second kappa shape index (κ2) is 11.9. The molecule has 0 radical (unpaired) electrons. The number of nitrogens with zero attached hydrogens (tertiary/aromatic N) is 1. The van der Waals surface area contributed by atoms with Crippen LogP contribution in [0.2, 0.25) is 5.02 Å². The van der Waals surface area contributed by atoms with Gasteiger partial charge in [-0.25, -0.2) is 4.98 Å². The molecule has 37 heavy (non-hydrogen) atoms. The monoisotopic (exact) mass is 549 g/mol. The highest BCUT2D eigenvalue weighted by Gasteiger charge is 2.24. The third-order valence-electron chi connectivity index (χ3n) is 5.29. The molecule has 0 saturated carbocycles. The van der Waals surface area contributed by atoms with Gasteiger partial charge in [0.1, 0.15) is 5.25 Å². The summed E-state index contributed by atoms with van der Waals surface area (Å²) >= 11 is 9.10. The topological polar surface area (TPSA) is 71.1 Å². The van der Waals surface area contributed by atoms with E-state index in [1.807, 2.05) is 105 Å². The number of amides is 2. The van der Waals surface area contributed by atoms with E-state index in [0.717, 1.165) is 16.0 Å². The van der Waals surface area contributed by atoms with Gasteiger partial charge in [0, 0.05) is 33.0 Å². The number of hydrogen-bond donors (Lipinski definition) is 2. The molecule has 0 aliphatic heterocycles. The molecular formula is C29H28ClN3O2S2. The lowest BCUT2D eigenvalue weighted by Crippen LogP contribution is -2.20.